The average Bonchev–Trinajstić information content (AvgIpc) is 3.27. The Hall–Kier alpha value is -4.04. The van der Waals surface area contributed by atoms with Crippen molar-refractivity contribution in [3.63, 3.8) is 0 Å². The number of hydrazone groups is 1. The molecular weight excluding hydrogens is 494 g/mol. The number of aromatic nitrogens is 2. The van der Waals surface area contributed by atoms with Crippen LogP contribution in [0.15, 0.2) is 94.6 Å². The molecule has 0 atom stereocenters. The molecule has 0 aliphatic heterocycles. The van der Waals surface area contributed by atoms with Gasteiger partial charge in [0.25, 0.3) is 11.8 Å². The van der Waals surface area contributed by atoms with E-state index in [1.165, 1.54) is 0 Å². The second kappa shape index (κ2) is 10.7. The Morgan fingerprint density at radius 1 is 1.03 bits per heavy atom. The topological polar surface area (TPSA) is 88.4 Å². The van der Waals surface area contributed by atoms with Crippen LogP contribution in [0.25, 0.3) is 16.9 Å². The van der Waals surface area contributed by atoms with Gasteiger partial charge < -0.3 is 5.32 Å². The SMILES string of the molecule is Cc1cccc(C(=O)NCC(=O)NN=Cc2cn(-c3ccccc3)nc2-c2ccc(Br)cc2)c1. The lowest BCUT2D eigenvalue weighted by Gasteiger charge is -2.05. The van der Waals surface area contributed by atoms with Gasteiger partial charge in [0.1, 0.15) is 5.69 Å². The number of halogens is 1. The highest BCUT2D eigenvalue weighted by atomic mass is 79.9. The van der Waals surface area contributed by atoms with Gasteiger partial charge in [0.2, 0.25) is 0 Å². The van der Waals surface area contributed by atoms with Crippen molar-refractivity contribution >= 4 is 34.0 Å². The number of hydrogen-bond acceptors (Lipinski definition) is 4. The summed E-state index contributed by atoms with van der Waals surface area (Å²) in [6.45, 7) is 1.72. The molecule has 0 radical (unpaired) electrons. The Morgan fingerprint density at radius 2 is 1.79 bits per heavy atom. The monoisotopic (exact) mass is 515 g/mol. The van der Waals surface area contributed by atoms with E-state index in [4.69, 9.17) is 5.10 Å². The summed E-state index contributed by atoms with van der Waals surface area (Å²) in [5.74, 6) is -0.748. The molecule has 34 heavy (non-hydrogen) atoms. The number of carbonyl (C=O) groups excluding carboxylic acids is 2. The van der Waals surface area contributed by atoms with Gasteiger partial charge in [-0.2, -0.15) is 10.2 Å². The maximum atomic E-state index is 12.2. The number of rotatable bonds is 7. The summed E-state index contributed by atoms with van der Waals surface area (Å²) in [5.41, 5.74) is 7.21. The molecule has 3 aromatic carbocycles. The number of benzene rings is 3. The number of hydrogen-bond donors (Lipinski definition) is 2. The van der Waals surface area contributed by atoms with Crippen LogP contribution in [0.5, 0.6) is 0 Å². The van der Waals surface area contributed by atoms with E-state index < -0.39 is 5.91 Å². The van der Waals surface area contributed by atoms with Gasteiger partial charge in [-0.1, -0.05) is 64.0 Å². The van der Waals surface area contributed by atoms with E-state index in [1.807, 2.05) is 73.8 Å². The van der Waals surface area contributed by atoms with Crippen LogP contribution < -0.4 is 10.7 Å². The molecule has 1 heterocycles. The highest BCUT2D eigenvalue weighted by Crippen LogP contribution is 2.24. The first-order chi connectivity index (χ1) is 16.5. The molecule has 0 saturated heterocycles. The summed E-state index contributed by atoms with van der Waals surface area (Å²) < 4.78 is 2.73. The van der Waals surface area contributed by atoms with Crippen molar-refractivity contribution in [2.45, 2.75) is 6.92 Å². The Morgan fingerprint density at radius 3 is 2.53 bits per heavy atom. The fourth-order valence-corrected chi connectivity index (χ4v) is 3.55. The molecule has 170 valence electrons. The van der Waals surface area contributed by atoms with Gasteiger partial charge in [0.05, 0.1) is 18.4 Å². The van der Waals surface area contributed by atoms with Crippen molar-refractivity contribution in [1.82, 2.24) is 20.5 Å². The van der Waals surface area contributed by atoms with Crippen molar-refractivity contribution in [1.29, 1.82) is 0 Å². The van der Waals surface area contributed by atoms with Crippen LogP contribution in [0, 0.1) is 6.92 Å². The van der Waals surface area contributed by atoms with Crippen LogP contribution in [0.3, 0.4) is 0 Å². The van der Waals surface area contributed by atoms with Crippen LogP contribution in [0.4, 0.5) is 0 Å². The van der Waals surface area contributed by atoms with E-state index in [9.17, 15) is 9.59 Å². The second-order valence-corrected chi connectivity index (χ2v) is 8.48. The zero-order chi connectivity index (χ0) is 23.9. The molecule has 0 saturated carbocycles. The number of nitrogens with zero attached hydrogens (tertiary/aromatic N) is 3. The molecule has 2 amide bonds. The van der Waals surface area contributed by atoms with Crippen molar-refractivity contribution < 1.29 is 9.59 Å². The van der Waals surface area contributed by atoms with Crippen molar-refractivity contribution in [3.05, 3.63) is 106 Å². The number of carbonyl (C=O) groups is 2. The Balaban J connectivity index is 1.46. The van der Waals surface area contributed by atoms with Gasteiger partial charge in [-0.05, 0) is 43.3 Å². The number of nitrogens with one attached hydrogen (secondary N) is 2. The number of para-hydroxylation sites is 1. The smallest absolute Gasteiger partial charge is 0.259 e. The summed E-state index contributed by atoms with van der Waals surface area (Å²) >= 11 is 3.45. The molecule has 0 spiro atoms. The zero-order valence-corrected chi connectivity index (χ0v) is 20.0. The van der Waals surface area contributed by atoms with Crippen molar-refractivity contribution in [2.24, 2.45) is 5.10 Å². The van der Waals surface area contributed by atoms with E-state index in [2.05, 4.69) is 31.8 Å². The van der Waals surface area contributed by atoms with Crippen LogP contribution in [0.2, 0.25) is 0 Å². The minimum Gasteiger partial charge on any atom is -0.343 e. The molecule has 8 heteroatoms. The minimum absolute atomic E-state index is 0.188. The van der Waals surface area contributed by atoms with Crippen molar-refractivity contribution in [3.8, 4) is 16.9 Å². The van der Waals surface area contributed by atoms with Gasteiger partial charge in [-0.3, -0.25) is 9.59 Å². The lowest BCUT2D eigenvalue weighted by Crippen LogP contribution is -2.34. The van der Waals surface area contributed by atoms with Crippen LogP contribution in [-0.4, -0.2) is 34.4 Å². The van der Waals surface area contributed by atoms with Crippen molar-refractivity contribution in [2.75, 3.05) is 6.54 Å². The molecule has 4 rings (SSSR count). The predicted molar refractivity (Wildman–Crippen MR) is 136 cm³/mol. The average molecular weight is 516 g/mol. The minimum atomic E-state index is -0.433. The third-order valence-electron chi connectivity index (χ3n) is 4.96. The molecule has 2 N–H and O–H groups in total. The Bertz CT molecular complexity index is 1330. The molecule has 7 nitrogen and oxygen atoms in total. The molecular formula is C26H22BrN5O2. The number of aryl methyl sites for hydroxylation is 1. The fraction of sp³-hybridized carbons (Fsp3) is 0.0769. The summed E-state index contributed by atoms with van der Waals surface area (Å²) in [7, 11) is 0. The molecule has 0 bridgehead atoms. The standard InChI is InChI=1S/C26H22BrN5O2/c1-18-6-5-7-20(14-18)26(34)28-16-24(33)30-29-15-21-17-32(23-8-3-2-4-9-23)31-25(21)19-10-12-22(27)13-11-19/h2-15,17H,16H2,1H3,(H,28,34)(H,30,33). The highest BCUT2D eigenvalue weighted by Gasteiger charge is 2.12. The maximum absolute atomic E-state index is 12.2. The van der Waals surface area contributed by atoms with Gasteiger partial charge >= 0.3 is 0 Å². The molecule has 0 aliphatic carbocycles. The van der Waals surface area contributed by atoms with Crippen LogP contribution >= 0.6 is 15.9 Å². The predicted octanol–water partition coefficient (Wildman–Crippen LogP) is 4.49. The number of amides is 2. The highest BCUT2D eigenvalue weighted by molar-refractivity contribution is 9.10. The van der Waals surface area contributed by atoms with Gasteiger partial charge in [0.15, 0.2) is 0 Å². The lowest BCUT2D eigenvalue weighted by molar-refractivity contribution is -0.120. The first kappa shape index (κ1) is 23.1. The third-order valence-corrected chi connectivity index (χ3v) is 5.49. The maximum Gasteiger partial charge on any atom is 0.259 e. The van der Waals surface area contributed by atoms with Gasteiger partial charge in [0, 0.05) is 27.4 Å². The molecule has 0 fully saturated rings. The Kier molecular flexibility index (Phi) is 7.29. The van der Waals surface area contributed by atoms with Gasteiger partial charge in [-0.25, -0.2) is 10.1 Å². The van der Waals surface area contributed by atoms with E-state index in [1.54, 1.807) is 29.1 Å². The Labute approximate surface area is 205 Å². The largest absolute Gasteiger partial charge is 0.343 e. The first-order valence-corrected chi connectivity index (χ1v) is 11.4. The van der Waals surface area contributed by atoms with Crippen LogP contribution in [-0.2, 0) is 4.79 Å². The van der Waals surface area contributed by atoms with E-state index in [0.717, 1.165) is 32.5 Å². The molecule has 4 aromatic rings. The normalized spacial score (nSPS) is 10.9. The quantitative estimate of drug-likeness (QED) is 0.280. The zero-order valence-electron chi connectivity index (χ0n) is 18.4. The molecule has 0 aliphatic rings. The van der Waals surface area contributed by atoms with Crippen LogP contribution in [0.1, 0.15) is 21.5 Å². The lowest BCUT2D eigenvalue weighted by atomic mass is 10.1. The van der Waals surface area contributed by atoms with E-state index in [-0.39, 0.29) is 12.5 Å². The first-order valence-electron chi connectivity index (χ1n) is 10.6. The summed E-state index contributed by atoms with van der Waals surface area (Å²) in [5, 5.41) is 11.4. The summed E-state index contributed by atoms with van der Waals surface area (Å²) in [6.07, 6.45) is 3.39. The second-order valence-electron chi connectivity index (χ2n) is 7.57. The van der Waals surface area contributed by atoms with E-state index in [0.29, 0.717) is 5.56 Å². The van der Waals surface area contributed by atoms with E-state index >= 15 is 0 Å². The fourth-order valence-electron chi connectivity index (χ4n) is 3.29. The third kappa shape index (κ3) is 5.85. The summed E-state index contributed by atoms with van der Waals surface area (Å²) in [6, 6.07) is 24.7. The summed E-state index contributed by atoms with van der Waals surface area (Å²) in [4.78, 5) is 24.4. The van der Waals surface area contributed by atoms with Gasteiger partial charge in [-0.15, -0.1) is 0 Å². The molecule has 1 aromatic heterocycles. The molecule has 0 unspecified atom stereocenters.